The van der Waals surface area contributed by atoms with Crippen LogP contribution in [0.2, 0.25) is 5.02 Å². The molecule has 1 rings (SSSR count). The van der Waals surface area contributed by atoms with Gasteiger partial charge < -0.3 is 16.2 Å². The molecule has 0 unspecified atom stereocenters. The van der Waals surface area contributed by atoms with E-state index in [1.165, 1.54) is 18.2 Å². The molecule has 0 atom stereocenters. The monoisotopic (exact) mass is 351 g/mol. The van der Waals surface area contributed by atoms with Gasteiger partial charge in [0.25, 0.3) is 0 Å². The minimum atomic E-state index is -3.74. The molecule has 1 aromatic rings. The van der Waals surface area contributed by atoms with E-state index in [9.17, 15) is 13.2 Å². The highest BCUT2D eigenvalue weighted by Crippen LogP contribution is 2.20. The molecule has 1 amide bonds. The van der Waals surface area contributed by atoms with Crippen LogP contribution in [0.4, 0.5) is 0 Å². The van der Waals surface area contributed by atoms with E-state index in [-0.39, 0.29) is 34.7 Å². The third-order valence-corrected chi connectivity index (χ3v) is 4.29. The first-order chi connectivity index (χ1) is 9.74. The number of thiocarbonyl (C=S) groups is 1. The van der Waals surface area contributed by atoms with Crippen LogP contribution in [0.5, 0.6) is 0 Å². The van der Waals surface area contributed by atoms with Crippen LogP contribution in [-0.2, 0) is 19.6 Å². The fourth-order valence-corrected chi connectivity index (χ4v) is 2.99. The zero-order valence-electron chi connectivity index (χ0n) is 10.8. The number of carbonyl (C=O) groups is 1. The fourth-order valence-electron chi connectivity index (χ4n) is 1.37. The van der Waals surface area contributed by atoms with E-state index < -0.39 is 15.9 Å². The van der Waals surface area contributed by atoms with Gasteiger partial charge in [0.1, 0.15) is 11.6 Å². The van der Waals surface area contributed by atoms with E-state index in [0.29, 0.717) is 5.56 Å². The highest BCUT2D eigenvalue weighted by Gasteiger charge is 2.15. The lowest BCUT2D eigenvalue weighted by atomic mass is 10.2. The van der Waals surface area contributed by atoms with Crippen LogP contribution in [-0.4, -0.2) is 39.1 Å². The van der Waals surface area contributed by atoms with Gasteiger partial charge in [-0.2, -0.15) is 0 Å². The lowest BCUT2D eigenvalue weighted by Gasteiger charge is -2.09. The smallest absolute Gasteiger partial charge is 0.243 e. The number of ether oxygens (including phenoxy) is 1. The van der Waals surface area contributed by atoms with Gasteiger partial charge in [-0.25, -0.2) is 13.1 Å². The second kappa shape index (κ2) is 7.66. The number of halogens is 1. The van der Waals surface area contributed by atoms with Crippen molar-refractivity contribution in [3.8, 4) is 0 Å². The standard InChI is InChI=1S/C11H14ClN3O4S2/c12-9-5-7(1-2-8(9)11(14)20)21(17,18)15-3-4-19-6-10(13)16/h1-2,5,15H,3-4,6H2,(H2,13,16)(H2,14,20). The number of amides is 1. The molecule has 0 aliphatic carbocycles. The van der Waals surface area contributed by atoms with Gasteiger partial charge in [0.2, 0.25) is 15.9 Å². The Balaban J connectivity index is 2.68. The van der Waals surface area contributed by atoms with Crippen molar-refractivity contribution in [1.82, 2.24) is 4.72 Å². The molecule has 0 saturated carbocycles. The van der Waals surface area contributed by atoms with Crippen molar-refractivity contribution in [1.29, 1.82) is 0 Å². The number of rotatable bonds is 8. The van der Waals surface area contributed by atoms with Crippen LogP contribution in [0.3, 0.4) is 0 Å². The minimum Gasteiger partial charge on any atom is -0.389 e. The molecule has 0 radical (unpaired) electrons. The maximum atomic E-state index is 12.0. The van der Waals surface area contributed by atoms with Gasteiger partial charge in [0, 0.05) is 12.1 Å². The molecule has 7 nitrogen and oxygen atoms in total. The Labute approximate surface area is 132 Å². The molecule has 10 heteroatoms. The topological polar surface area (TPSA) is 125 Å². The summed E-state index contributed by atoms with van der Waals surface area (Å²) in [6.45, 7) is -0.263. The van der Waals surface area contributed by atoms with Crippen molar-refractivity contribution >= 4 is 44.7 Å². The number of nitrogens with two attached hydrogens (primary N) is 2. The summed E-state index contributed by atoms with van der Waals surface area (Å²) in [7, 11) is -3.74. The first-order valence-electron chi connectivity index (χ1n) is 5.69. The van der Waals surface area contributed by atoms with Crippen LogP contribution in [0.15, 0.2) is 23.1 Å². The van der Waals surface area contributed by atoms with Crippen LogP contribution >= 0.6 is 23.8 Å². The average molecular weight is 352 g/mol. The van der Waals surface area contributed by atoms with Gasteiger partial charge in [0.15, 0.2) is 0 Å². The predicted molar refractivity (Wildman–Crippen MR) is 82.5 cm³/mol. The summed E-state index contributed by atoms with van der Waals surface area (Å²) in [5, 5.41) is 0.148. The number of nitrogens with one attached hydrogen (secondary N) is 1. The number of hydrogen-bond acceptors (Lipinski definition) is 5. The molecule has 0 aliphatic heterocycles. The molecule has 5 N–H and O–H groups in total. The van der Waals surface area contributed by atoms with Crippen molar-refractivity contribution in [3.63, 3.8) is 0 Å². The summed E-state index contributed by atoms with van der Waals surface area (Å²) < 4.78 is 31.1. The number of benzene rings is 1. The van der Waals surface area contributed by atoms with E-state index >= 15 is 0 Å². The average Bonchev–Trinajstić information content (AvgIpc) is 2.37. The van der Waals surface area contributed by atoms with Gasteiger partial charge in [-0.05, 0) is 18.2 Å². The molecule has 0 spiro atoms. The first-order valence-corrected chi connectivity index (χ1v) is 7.96. The van der Waals surface area contributed by atoms with E-state index in [2.05, 4.69) is 4.72 Å². The van der Waals surface area contributed by atoms with E-state index in [4.69, 9.17) is 40.0 Å². The number of primary amides is 1. The molecule has 0 bridgehead atoms. The Morgan fingerprint density at radius 2 is 2.05 bits per heavy atom. The first kappa shape index (κ1) is 17.8. The summed E-state index contributed by atoms with van der Waals surface area (Å²) in [4.78, 5) is 10.5. The maximum absolute atomic E-state index is 12.0. The van der Waals surface area contributed by atoms with Crippen molar-refractivity contribution in [2.24, 2.45) is 11.5 Å². The van der Waals surface area contributed by atoms with Crippen LogP contribution in [0.25, 0.3) is 0 Å². The van der Waals surface area contributed by atoms with Gasteiger partial charge in [0.05, 0.1) is 16.5 Å². The number of sulfonamides is 1. The Kier molecular flexibility index (Phi) is 6.49. The third-order valence-electron chi connectivity index (χ3n) is 2.30. The highest BCUT2D eigenvalue weighted by molar-refractivity contribution is 7.89. The van der Waals surface area contributed by atoms with Gasteiger partial charge in [-0.15, -0.1) is 0 Å². The van der Waals surface area contributed by atoms with Gasteiger partial charge in [-0.1, -0.05) is 23.8 Å². The molecule has 0 aliphatic rings. The lowest BCUT2D eigenvalue weighted by molar-refractivity contribution is -0.122. The zero-order chi connectivity index (χ0) is 16.0. The lowest BCUT2D eigenvalue weighted by Crippen LogP contribution is -2.29. The summed E-state index contributed by atoms with van der Waals surface area (Å²) in [6.07, 6.45) is 0. The molecule has 1 aromatic carbocycles. The summed E-state index contributed by atoms with van der Waals surface area (Å²) in [5.74, 6) is -0.627. The molecule has 0 saturated heterocycles. The second-order valence-corrected chi connectivity index (χ2v) is 6.54. The third kappa shape index (κ3) is 5.56. The van der Waals surface area contributed by atoms with Crippen molar-refractivity contribution in [3.05, 3.63) is 28.8 Å². The van der Waals surface area contributed by atoms with Gasteiger partial charge >= 0.3 is 0 Å². The Morgan fingerprint density at radius 3 is 2.57 bits per heavy atom. The van der Waals surface area contributed by atoms with Gasteiger partial charge in [-0.3, -0.25) is 4.79 Å². The summed E-state index contributed by atoms with van der Waals surface area (Å²) >= 11 is 10.7. The van der Waals surface area contributed by atoms with E-state index in [1.807, 2.05) is 0 Å². The quantitative estimate of drug-likeness (QED) is 0.438. The predicted octanol–water partition coefficient (Wildman–Crippen LogP) is -0.246. The van der Waals surface area contributed by atoms with Crippen molar-refractivity contribution in [2.45, 2.75) is 4.90 Å². The van der Waals surface area contributed by atoms with Crippen LogP contribution in [0.1, 0.15) is 5.56 Å². The summed E-state index contributed by atoms with van der Waals surface area (Å²) in [5.41, 5.74) is 10.7. The van der Waals surface area contributed by atoms with Crippen LogP contribution in [0, 0.1) is 0 Å². The van der Waals surface area contributed by atoms with Crippen LogP contribution < -0.4 is 16.2 Å². The molecule has 116 valence electrons. The fraction of sp³-hybridized carbons (Fsp3) is 0.273. The molecule has 0 fully saturated rings. The molecular formula is C11H14ClN3O4S2. The Hall–Kier alpha value is -1.26. The second-order valence-electron chi connectivity index (χ2n) is 3.92. The minimum absolute atomic E-state index is 0.00964. The Morgan fingerprint density at radius 1 is 1.38 bits per heavy atom. The highest BCUT2D eigenvalue weighted by atomic mass is 35.5. The maximum Gasteiger partial charge on any atom is 0.243 e. The molecule has 21 heavy (non-hydrogen) atoms. The Bertz CT molecular complexity index is 649. The number of carbonyl (C=O) groups excluding carboxylic acids is 1. The normalized spacial score (nSPS) is 11.3. The summed E-state index contributed by atoms with van der Waals surface area (Å²) in [6, 6.07) is 4.03. The van der Waals surface area contributed by atoms with Crippen molar-refractivity contribution in [2.75, 3.05) is 19.8 Å². The largest absolute Gasteiger partial charge is 0.389 e. The van der Waals surface area contributed by atoms with E-state index in [0.717, 1.165) is 0 Å². The molecule has 0 aromatic heterocycles. The molecule has 0 heterocycles. The SMILES string of the molecule is NC(=O)COCCNS(=O)(=O)c1ccc(C(N)=S)c(Cl)c1. The van der Waals surface area contributed by atoms with Crippen molar-refractivity contribution < 1.29 is 17.9 Å². The van der Waals surface area contributed by atoms with E-state index in [1.54, 1.807) is 0 Å². The molecular weight excluding hydrogens is 338 g/mol. The number of hydrogen-bond donors (Lipinski definition) is 3. The zero-order valence-corrected chi connectivity index (χ0v) is 13.2.